The highest BCUT2D eigenvalue weighted by Gasteiger charge is 2.46. The summed E-state index contributed by atoms with van der Waals surface area (Å²) in [6, 6.07) is 15.7. The minimum absolute atomic E-state index is 0.00432. The summed E-state index contributed by atoms with van der Waals surface area (Å²) in [7, 11) is 1.56. The maximum Gasteiger partial charge on any atom is 0.266 e. The van der Waals surface area contributed by atoms with Gasteiger partial charge in [0.2, 0.25) is 17.7 Å². The van der Waals surface area contributed by atoms with Gasteiger partial charge in [0, 0.05) is 48.0 Å². The van der Waals surface area contributed by atoms with Crippen molar-refractivity contribution in [2.45, 2.75) is 39.2 Å². The molecule has 1 fully saturated rings. The molecule has 19 heteroatoms. The molecule has 0 radical (unpaired) electrons. The predicted molar refractivity (Wildman–Crippen MR) is 219 cm³/mol. The zero-order chi connectivity index (χ0) is 43.6. The van der Waals surface area contributed by atoms with Crippen LogP contribution in [0.3, 0.4) is 0 Å². The average Bonchev–Trinajstić information content (AvgIpc) is 3.74. The average molecular weight is 857 g/mol. The second kappa shape index (κ2) is 20.2. The van der Waals surface area contributed by atoms with E-state index in [0.29, 0.717) is 39.2 Å². The third-order valence-corrected chi connectivity index (χ3v) is 10.2. The van der Waals surface area contributed by atoms with Crippen LogP contribution < -0.4 is 25.4 Å². The van der Waals surface area contributed by atoms with Gasteiger partial charge in [-0.25, -0.2) is 0 Å². The first kappa shape index (κ1) is 44.1. The molecule has 1 aromatic heterocycles. The fourth-order valence-electron chi connectivity index (χ4n) is 6.83. The van der Waals surface area contributed by atoms with Gasteiger partial charge < -0.3 is 29.6 Å². The van der Waals surface area contributed by atoms with Gasteiger partial charge in [-0.15, -0.1) is 10.2 Å². The number of nitrogens with one attached hydrogen (secondary N) is 4. The van der Waals surface area contributed by atoms with Crippen molar-refractivity contribution in [2.24, 2.45) is 5.92 Å². The number of fused-ring (bicyclic) bond motifs is 1. The molecule has 0 saturated carbocycles. The monoisotopic (exact) mass is 856 g/mol. The van der Waals surface area contributed by atoms with Gasteiger partial charge in [-0.2, -0.15) is 0 Å². The number of piperidine rings is 1. The van der Waals surface area contributed by atoms with Crippen molar-refractivity contribution in [1.82, 2.24) is 35.6 Å². The van der Waals surface area contributed by atoms with Crippen LogP contribution in [0, 0.1) is 18.3 Å². The number of aryl methyl sites for hydroxylation is 1. The number of ether oxygens (including phenoxy) is 4. The topological polar surface area (TPSA) is 233 Å². The van der Waals surface area contributed by atoms with Crippen molar-refractivity contribution >= 4 is 52.8 Å². The Morgan fingerprint density at radius 2 is 1.67 bits per heavy atom. The van der Waals surface area contributed by atoms with Gasteiger partial charge in [0.15, 0.2) is 6.61 Å². The van der Waals surface area contributed by atoms with E-state index >= 15 is 0 Å². The number of nitrogens with zero attached hydrogens (tertiary/aromatic N) is 4. The van der Waals surface area contributed by atoms with Crippen LogP contribution in [0.1, 0.15) is 63.3 Å². The number of imide groups is 2. The molecule has 2 aliphatic heterocycles. The lowest BCUT2D eigenvalue weighted by Crippen LogP contribution is -2.54. The fraction of sp³-hybridized carbons (Fsp3) is 0.357. The number of carbonyl (C=O) groups excluding carboxylic acids is 6. The molecule has 0 aliphatic carbocycles. The quantitative estimate of drug-likeness (QED) is 0.0571. The van der Waals surface area contributed by atoms with Crippen LogP contribution >= 0.6 is 11.6 Å². The largest absolute Gasteiger partial charge is 0.497 e. The standard InChI is InChI=1S/C42H45ClN8O10/c1-24(21-34-49-48-25(2)50(34)31-12-11-28(58-3)22-30(31)38(44)26-7-9-27(43)10-8-26)39(54)46-16-18-60-20-19-59-17-15-45-36(53)23-61-33-6-4-5-29-37(33)42(57)51(41(29)56)32-13-14-35(52)47-40(32)55/h4-12,22,24,32,44H,13-21,23H2,1-3H3,(H,45,53)(H,46,54)(H,47,52,55)/t24-,32?/m1/s1. The second-order valence-electron chi connectivity index (χ2n) is 14.1. The highest BCUT2D eigenvalue weighted by atomic mass is 35.5. The third-order valence-electron chi connectivity index (χ3n) is 9.95. The molecule has 61 heavy (non-hydrogen) atoms. The Hall–Kier alpha value is -6.50. The first-order valence-electron chi connectivity index (χ1n) is 19.5. The van der Waals surface area contributed by atoms with E-state index in [9.17, 15) is 28.8 Å². The molecular formula is C42H45ClN8O10. The lowest BCUT2D eigenvalue weighted by atomic mass is 9.99. The summed E-state index contributed by atoms with van der Waals surface area (Å²) in [5.74, 6) is -2.00. The maximum atomic E-state index is 13.2. The minimum Gasteiger partial charge on any atom is -0.497 e. The Labute approximate surface area is 355 Å². The van der Waals surface area contributed by atoms with Gasteiger partial charge in [0.1, 0.15) is 29.2 Å². The van der Waals surface area contributed by atoms with Crippen LogP contribution in [0.15, 0.2) is 60.7 Å². The molecule has 1 unspecified atom stereocenters. The number of benzene rings is 3. The van der Waals surface area contributed by atoms with Crippen molar-refractivity contribution in [3.05, 3.63) is 99.6 Å². The van der Waals surface area contributed by atoms with Crippen molar-refractivity contribution in [1.29, 1.82) is 5.41 Å². The smallest absolute Gasteiger partial charge is 0.266 e. The van der Waals surface area contributed by atoms with Crippen LogP contribution in [0.2, 0.25) is 5.02 Å². The fourth-order valence-corrected chi connectivity index (χ4v) is 6.96. The number of halogens is 1. The van der Waals surface area contributed by atoms with E-state index in [-0.39, 0.29) is 87.3 Å². The maximum absolute atomic E-state index is 13.2. The lowest BCUT2D eigenvalue weighted by molar-refractivity contribution is -0.136. The predicted octanol–water partition coefficient (Wildman–Crippen LogP) is 2.58. The SMILES string of the molecule is COc1ccc(-n2c(C)nnc2C[C@@H](C)C(=O)NCCOCCOCCNC(=O)COc2cccc3c2C(=O)N(C2CCC(=O)NC2=O)C3=O)c(C(=N)c2ccc(Cl)cc2)c1. The number of methoxy groups -OCH3 is 1. The number of amides is 6. The number of hydrogen-bond donors (Lipinski definition) is 4. The van der Waals surface area contributed by atoms with E-state index in [1.165, 1.54) is 18.2 Å². The van der Waals surface area contributed by atoms with E-state index in [4.69, 9.17) is 36.0 Å². The molecule has 18 nitrogen and oxygen atoms in total. The molecule has 1 saturated heterocycles. The number of aromatic nitrogens is 3. The lowest BCUT2D eigenvalue weighted by Gasteiger charge is -2.27. The van der Waals surface area contributed by atoms with E-state index in [0.717, 1.165) is 4.90 Å². The molecular weight excluding hydrogens is 812 g/mol. The molecule has 6 rings (SSSR count). The normalized spacial score (nSPS) is 15.3. The van der Waals surface area contributed by atoms with Crippen LogP contribution in [-0.2, 0) is 35.1 Å². The van der Waals surface area contributed by atoms with Gasteiger partial charge in [-0.3, -0.25) is 49.0 Å². The zero-order valence-electron chi connectivity index (χ0n) is 33.7. The van der Waals surface area contributed by atoms with E-state index in [2.05, 4.69) is 26.1 Å². The summed E-state index contributed by atoms with van der Waals surface area (Å²) in [4.78, 5) is 76.4. The van der Waals surface area contributed by atoms with E-state index in [1.54, 1.807) is 50.4 Å². The summed E-state index contributed by atoms with van der Waals surface area (Å²) >= 11 is 6.08. The summed E-state index contributed by atoms with van der Waals surface area (Å²) in [6.45, 7) is 4.52. The summed E-state index contributed by atoms with van der Waals surface area (Å²) in [6.07, 6.45) is 0.297. The molecule has 3 aromatic carbocycles. The van der Waals surface area contributed by atoms with Crippen LogP contribution in [-0.4, -0.2) is 120 Å². The molecule has 2 atom stereocenters. The molecule has 0 bridgehead atoms. The van der Waals surface area contributed by atoms with Crippen molar-refractivity contribution in [3.8, 4) is 17.2 Å². The Morgan fingerprint density at radius 3 is 2.38 bits per heavy atom. The third kappa shape index (κ3) is 10.5. The Balaban J connectivity index is 0.875. The van der Waals surface area contributed by atoms with Crippen LogP contribution in [0.4, 0.5) is 0 Å². The summed E-state index contributed by atoms with van der Waals surface area (Å²) in [5.41, 5.74) is 2.18. The zero-order valence-corrected chi connectivity index (χ0v) is 34.5. The molecule has 4 N–H and O–H groups in total. The molecule has 6 amide bonds. The highest BCUT2D eigenvalue weighted by molar-refractivity contribution is 6.30. The summed E-state index contributed by atoms with van der Waals surface area (Å²) in [5, 5.41) is 25.9. The van der Waals surface area contributed by atoms with Crippen LogP contribution in [0.25, 0.3) is 5.69 Å². The minimum atomic E-state index is -1.12. The second-order valence-corrected chi connectivity index (χ2v) is 14.6. The molecule has 3 heterocycles. The Kier molecular flexibility index (Phi) is 14.6. The van der Waals surface area contributed by atoms with Crippen molar-refractivity contribution in [2.75, 3.05) is 53.2 Å². The van der Waals surface area contributed by atoms with E-state index in [1.807, 2.05) is 17.6 Å². The van der Waals surface area contributed by atoms with Gasteiger partial charge >= 0.3 is 0 Å². The van der Waals surface area contributed by atoms with Gasteiger partial charge in [-0.05, 0) is 55.8 Å². The first-order chi connectivity index (χ1) is 29.4. The molecule has 4 aromatic rings. The highest BCUT2D eigenvalue weighted by Crippen LogP contribution is 2.34. The van der Waals surface area contributed by atoms with Crippen molar-refractivity contribution < 1.29 is 47.7 Å². The first-order valence-corrected chi connectivity index (χ1v) is 19.9. The number of rotatable bonds is 20. The molecule has 0 spiro atoms. The molecule has 320 valence electrons. The van der Waals surface area contributed by atoms with E-state index < -0.39 is 48.1 Å². The van der Waals surface area contributed by atoms with Crippen LogP contribution in [0.5, 0.6) is 11.5 Å². The summed E-state index contributed by atoms with van der Waals surface area (Å²) < 4.78 is 24.0. The molecule has 2 aliphatic rings. The van der Waals surface area contributed by atoms with Gasteiger partial charge in [0.05, 0.1) is 56.1 Å². The van der Waals surface area contributed by atoms with Gasteiger partial charge in [0.25, 0.3) is 17.7 Å². The number of carbonyl (C=O) groups is 6. The van der Waals surface area contributed by atoms with Gasteiger partial charge in [-0.1, -0.05) is 36.7 Å². The van der Waals surface area contributed by atoms with Crippen molar-refractivity contribution in [3.63, 3.8) is 0 Å². The number of hydrogen-bond acceptors (Lipinski definition) is 13. The Bertz CT molecular complexity index is 2330. The Morgan fingerprint density at radius 1 is 0.951 bits per heavy atom.